The maximum absolute atomic E-state index is 12.5. The van der Waals surface area contributed by atoms with Crippen molar-refractivity contribution < 1.29 is 22.7 Å². The molecule has 0 radical (unpaired) electrons. The van der Waals surface area contributed by atoms with E-state index in [1.54, 1.807) is 0 Å². The number of nitrogens with zero attached hydrogens (tertiary/aromatic N) is 1. The Kier molecular flexibility index (Phi) is 5.41. The molecule has 0 fully saturated rings. The highest BCUT2D eigenvalue weighted by molar-refractivity contribution is 6.29. The first-order chi connectivity index (χ1) is 8.82. The van der Waals surface area contributed by atoms with Crippen molar-refractivity contribution in [2.24, 2.45) is 0 Å². The van der Waals surface area contributed by atoms with Crippen LogP contribution in [0.15, 0.2) is 12.1 Å². The highest BCUT2D eigenvalue weighted by atomic mass is 35.5. The molecule has 0 bridgehead atoms. The maximum Gasteiger partial charge on any atom is 0.433 e. The van der Waals surface area contributed by atoms with E-state index in [-0.39, 0.29) is 17.4 Å². The molecule has 0 aliphatic heterocycles. The van der Waals surface area contributed by atoms with Crippen molar-refractivity contribution in [2.45, 2.75) is 25.9 Å². The Hall–Kier alpha value is -1.50. The monoisotopic (exact) mass is 296 g/mol. The summed E-state index contributed by atoms with van der Waals surface area (Å²) in [6.07, 6.45) is -3.94. The van der Waals surface area contributed by atoms with E-state index in [0.29, 0.717) is 12.5 Å². The molecule has 1 N–H and O–H groups in total. The molecule has 0 saturated carbocycles. The lowest BCUT2D eigenvalue weighted by atomic mass is 10.3. The number of rotatable bonds is 4. The van der Waals surface area contributed by atoms with E-state index in [1.165, 1.54) is 0 Å². The van der Waals surface area contributed by atoms with Gasteiger partial charge in [-0.15, -0.1) is 0 Å². The lowest BCUT2D eigenvalue weighted by Gasteiger charge is -2.10. The summed E-state index contributed by atoms with van der Waals surface area (Å²) in [4.78, 5) is 14.4. The number of carbonyl (C=O) groups excluding carboxylic acids is 1. The van der Waals surface area contributed by atoms with Crippen molar-refractivity contribution >= 4 is 23.4 Å². The summed E-state index contributed by atoms with van der Waals surface area (Å²) in [7, 11) is 0. The molecule has 0 aromatic carbocycles. The number of nitrogens with one attached hydrogen (secondary N) is 1. The zero-order valence-corrected chi connectivity index (χ0v) is 10.8. The van der Waals surface area contributed by atoms with E-state index in [4.69, 9.17) is 16.3 Å². The van der Waals surface area contributed by atoms with Crippen LogP contribution in [0.5, 0.6) is 0 Å². The smallest absolute Gasteiger partial charge is 0.433 e. The van der Waals surface area contributed by atoms with Crippen LogP contribution in [0, 0.1) is 0 Å². The van der Waals surface area contributed by atoms with Crippen LogP contribution in [0.1, 0.15) is 25.5 Å². The molecule has 0 aliphatic carbocycles. The van der Waals surface area contributed by atoms with E-state index < -0.39 is 18.0 Å². The van der Waals surface area contributed by atoms with E-state index in [2.05, 4.69) is 10.3 Å². The fourth-order valence-electron chi connectivity index (χ4n) is 1.18. The average molecular weight is 297 g/mol. The normalized spacial score (nSPS) is 11.2. The first-order valence-electron chi connectivity index (χ1n) is 5.51. The third-order valence-corrected chi connectivity index (χ3v) is 2.26. The number of anilines is 1. The van der Waals surface area contributed by atoms with Gasteiger partial charge in [0.2, 0.25) is 0 Å². The molecule has 106 valence electrons. The minimum atomic E-state index is -4.63. The van der Waals surface area contributed by atoms with Gasteiger partial charge in [0.1, 0.15) is 10.8 Å². The van der Waals surface area contributed by atoms with Gasteiger partial charge >= 0.3 is 12.3 Å². The molecule has 4 nitrogen and oxygen atoms in total. The quantitative estimate of drug-likeness (QED) is 0.672. The van der Waals surface area contributed by atoms with E-state index in [0.717, 1.165) is 12.5 Å². The van der Waals surface area contributed by atoms with Gasteiger partial charge in [0, 0.05) is 5.69 Å². The van der Waals surface area contributed by atoms with Crippen LogP contribution in [0.2, 0.25) is 5.15 Å². The standard InChI is InChI=1S/C11H12ClF3N2O2/c1-2-3-4-19-10(18)16-7-5-8(11(13,14)15)17-9(12)6-7/h5-6H,2-4H2,1H3,(H,16,17,18). The minimum Gasteiger partial charge on any atom is -0.449 e. The molecule has 0 atom stereocenters. The number of pyridine rings is 1. The Morgan fingerprint density at radius 1 is 1.47 bits per heavy atom. The molecular weight excluding hydrogens is 285 g/mol. The van der Waals surface area contributed by atoms with Gasteiger partial charge < -0.3 is 4.74 Å². The molecule has 0 saturated heterocycles. The van der Waals surface area contributed by atoms with Crippen LogP contribution in [0.4, 0.5) is 23.7 Å². The zero-order valence-electron chi connectivity index (χ0n) is 10.1. The third kappa shape index (κ3) is 5.34. The van der Waals surface area contributed by atoms with Gasteiger partial charge in [0.25, 0.3) is 0 Å². The number of ether oxygens (including phenoxy) is 1. The van der Waals surface area contributed by atoms with Gasteiger partial charge in [-0.05, 0) is 18.6 Å². The number of hydrogen-bond donors (Lipinski definition) is 1. The Bertz CT molecular complexity index is 452. The lowest BCUT2D eigenvalue weighted by Crippen LogP contribution is -2.16. The molecule has 1 heterocycles. The lowest BCUT2D eigenvalue weighted by molar-refractivity contribution is -0.141. The maximum atomic E-state index is 12.5. The predicted molar refractivity (Wildman–Crippen MR) is 64.1 cm³/mol. The van der Waals surface area contributed by atoms with Crippen LogP contribution in [-0.2, 0) is 10.9 Å². The predicted octanol–water partition coefficient (Wildman–Crippen LogP) is 4.10. The molecule has 19 heavy (non-hydrogen) atoms. The SMILES string of the molecule is CCCCOC(=O)Nc1cc(Cl)nc(C(F)(F)F)c1. The summed E-state index contributed by atoms with van der Waals surface area (Å²) < 4.78 is 42.2. The largest absolute Gasteiger partial charge is 0.449 e. The number of unbranched alkanes of at least 4 members (excludes halogenated alkanes) is 1. The molecule has 0 aliphatic rings. The van der Waals surface area contributed by atoms with Crippen LogP contribution in [-0.4, -0.2) is 17.7 Å². The molecule has 1 amide bonds. The van der Waals surface area contributed by atoms with Crippen molar-refractivity contribution in [2.75, 3.05) is 11.9 Å². The Morgan fingerprint density at radius 3 is 2.74 bits per heavy atom. The van der Waals surface area contributed by atoms with E-state index >= 15 is 0 Å². The van der Waals surface area contributed by atoms with Crippen molar-refractivity contribution in [3.8, 4) is 0 Å². The first-order valence-corrected chi connectivity index (χ1v) is 5.89. The average Bonchev–Trinajstić information content (AvgIpc) is 2.27. The highest BCUT2D eigenvalue weighted by Gasteiger charge is 2.33. The van der Waals surface area contributed by atoms with Gasteiger partial charge in [-0.1, -0.05) is 24.9 Å². The molecule has 0 spiro atoms. The second-order valence-corrected chi connectivity index (χ2v) is 4.06. The molecular formula is C11H12ClF3N2O2. The van der Waals surface area contributed by atoms with Gasteiger partial charge in [-0.2, -0.15) is 13.2 Å². The van der Waals surface area contributed by atoms with Crippen LogP contribution < -0.4 is 5.32 Å². The number of halogens is 4. The number of carbonyl (C=O) groups is 1. The summed E-state index contributed by atoms with van der Waals surface area (Å²) in [5.74, 6) is 0. The van der Waals surface area contributed by atoms with Crippen LogP contribution in [0.25, 0.3) is 0 Å². The molecule has 0 unspecified atom stereocenters. The number of aromatic nitrogens is 1. The van der Waals surface area contributed by atoms with Crippen molar-refractivity contribution in [1.82, 2.24) is 4.98 Å². The van der Waals surface area contributed by atoms with Crippen molar-refractivity contribution in [1.29, 1.82) is 0 Å². The van der Waals surface area contributed by atoms with E-state index in [9.17, 15) is 18.0 Å². The second kappa shape index (κ2) is 6.60. The first kappa shape index (κ1) is 15.6. The van der Waals surface area contributed by atoms with Gasteiger partial charge in [0.05, 0.1) is 6.61 Å². The molecule has 1 aromatic heterocycles. The Morgan fingerprint density at radius 2 is 2.16 bits per heavy atom. The summed E-state index contributed by atoms with van der Waals surface area (Å²) in [6, 6.07) is 1.80. The summed E-state index contributed by atoms with van der Waals surface area (Å²) in [5, 5.41) is 1.81. The van der Waals surface area contributed by atoms with Crippen LogP contribution >= 0.6 is 11.6 Å². The van der Waals surface area contributed by atoms with Gasteiger partial charge in [-0.3, -0.25) is 5.32 Å². The second-order valence-electron chi connectivity index (χ2n) is 3.68. The van der Waals surface area contributed by atoms with Crippen molar-refractivity contribution in [3.63, 3.8) is 0 Å². The number of hydrogen-bond acceptors (Lipinski definition) is 3. The third-order valence-electron chi connectivity index (χ3n) is 2.06. The van der Waals surface area contributed by atoms with Gasteiger partial charge in [0.15, 0.2) is 0 Å². The topological polar surface area (TPSA) is 51.2 Å². The number of alkyl halides is 3. The Labute approximate surface area is 112 Å². The summed E-state index contributed by atoms with van der Waals surface area (Å²) >= 11 is 5.46. The molecule has 1 rings (SSSR count). The van der Waals surface area contributed by atoms with Gasteiger partial charge in [-0.25, -0.2) is 9.78 Å². The summed E-state index contributed by atoms with van der Waals surface area (Å²) in [5.41, 5.74) is -1.29. The molecule has 1 aromatic rings. The highest BCUT2D eigenvalue weighted by Crippen LogP contribution is 2.30. The Balaban J connectivity index is 2.73. The number of amides is 1. The fourth-order valence-corrected chi connectivity index (χ4v) is 1.39. The zero-order chi connectivity index (χ0) is 14.5. The molecule has 8 heteroatoms. The van der Waals surface area contributed by atoms with Crippen LogP contribution in [0.3, 0.4) is 0 Å². The van der Waals surface area contributed by atoms with Crippen molar-refractivity contribution in [3.05, 3.63) is 23.0 Å². The summed E-state index contributed by atoms with van der Waals surface area (Å²) in [6.45, 7) is 2.12. The fraction of sp³-hybridized carbons (Fsp3) is 0.455. The van der Waals surface area contributed by atoms with E-state index in [1.807, 2.05) is 6.92 Å². The minimum absolute atomic E-state index is 0.117.